The number of nitro groups is 1. The molecule has 0 saturated carbocycles. The van der Waals surface area contributed by atoms with Gasteiger partial charge in [0.2, 0.25) is 0 Å². The van der Waals surface area contributed by atoms with Crippen LogP contribution in [0.5, 0.6) is 0 Å². The fourth-order valence-electron chi connectivity index (χ4n) is 2.43. The smallest absolute Gasteiger partial charge is 0.273 e. The molecule has 0 aromatic heterocycles. The average molecular weight is 341 g/mol. The van der Waals surface area contributed by atoms with Gasteiger partial charge in [-0.25, -0.2) is 0 Å². The Morgan fingerprint density at radius 3 is 2.80 bits per heavy atom. The zero-order valence-corrected chi connectivity index (χ0v) is 13.1. The Morgan fingerprint density at radius 1 is 1.50 bits per heavy atom. The highest BCUT2D eigenvalue weighted by Crippen LogP contribution is 2.27. The van der Waals surface area contributed by atoms with E-state index in [1.807, 2.05) is 0 Å². The van der Waals surface area contributed by atoms with E-state index >= 15 is 0 Å². The van der Waals surface area contributed by atoms with Gasteiger partial charge in [-0.15, -0.1) is 0 Å². The molecular weight excluding hydrogens is 324 g/mol. The highest BCUT2D eigenvalue weighted by atomic mass is 79.9. The van der Waals surface area contributed by atoms with Gasteiger partial charge >= 0.3 is 0 Å². The lowest BCUT2D eigenvalue weighted by atomic mass is 9.97. The van der Waals surface area contributed by atoms with Crippen LogP contribution in [0.4, 0.5) is 5.69 Å². The Morgan fingerprint density at radius 2 is 2.20 bits per heavy atom. The molecule has 1 fully saturated rings. The largest absolute Gasteiger partial charge is 0.337 e. The second kappa shape index (κ2) is 5.91. The molecule has 2 rings (SSSR count). The number of nitrogens with zero attached hydrogens (tertiary/aromatic N) is 2. The number of benzene rings is 1. The molecule has 108 valence electrons. The zero-order chi connectivity index (χ0) is 14.9. The topological polar surface area (TPSA) is 63.5 Å². The average Bonchev–Trinajstić information content (AvgIpc) is 2.41. The Bertz CT molecular complexity index is 547. The fourth-order valence-corrected chi connectivity index (χ4v) is 3.04. The summed E-state index contributed by atoms with van der Waals surface area (Å²) in [5, 5.41) is 10.9. The lowest BCUT2D eigenvalue weighted by Crippen LogP contribution is -2.43. The predicted molar refractivity (Wildman–Crippen MR) is 80.2 cm³/mol. The monoisotopic (exact) mass is 340 g/mol. The summed E-state index contributed by atoms with van der Waals surface area (Å²) in [5.74, 6) is 0.410. The second-order valence-corrected chi connectivity index (χ2v) is 6.42. The quantitative estimate of drug-likeness (QED) is 0.472. The summed E-state index contributed by atoms with van der Waals surface area (Å²) in [6.45, 7) is 5.12. The highest BCUT2D eigenvalue weighted by Gasteiger charge is 2.29. The molecule has 5 nitrogen and oxygen atoms in total. The zero-order valence-electron chi connectivity index (χ0n) is 11.5. The lowest BCUT2D eigenvalue weighted by molar-refractivity contribution is -0.385. The van der Waals surface area contributed by atoms with Crippen molar-refractivity contribution in [3.63, 3.8) is 0 Å². The van der Waals surface area contributed by atoms with E-state index in [0.29, 0.717) is 30.1 Å². The van der Waals surface area contributed by atoms with E-state index in [9.17, 15) is 14.9 Å². The van der Waals surface area contributed by atoms with Crippen LogP contribution < -0.4 is 0 Å². The van der Waals surface area contributed by atoms with Gasteiger partial charge < -0.3 is 4.90 Å². The number of hydrogen-bond acceptors (Lipinski definition) is 3. The van der Waals surface area contributed by atoms with Crippen LogP contribution in [-0.2, 0) is 0 Å². The molecule has 0 radical (unpaired) electrons. The molecule has 6 heteroatoms. The maximum atomic E-state index is 12.5. The third-order valence-electron chi connectivity index (χ3n) is 3.89. The van der Waals surface area contributed by atoms with Crippen molar-refractivity contribution in [1.29, 1.82) is 0 Å². The Hall–Kier alpha value is -1.43. The first kappa shape index (κ1) is 15.0. The van der Waals surface area contributed by atoms with Gasteiger partial charge in [0, 0.05) is 35.1 Å². The number of likely N-dealkylation sites (tertiary alicyclic amines) is 1. The molecule has 1 aromatic rings. The summed E-state index contributed by atoms with van der Waals surface area (Å²) >= 11 is 3.59. The van der Waals surface area contributed by atoms with Crippen molar-refractivity contribution in [3.8, 4) is 0 Å². The van der Waals surface area contributed by atoms with Crippen LogP contribution in [0.3, 0.4) is 0 Å². The van der Waals surface area contributed by atoms with E-state index in [2.05, 4.69) is 22.9 Å². The van der Waals surface area contributed by atoms with Crippen molar-refractivity contribution >= 4 is 27.5 Å². The van der Waals surface area contributed by atoms with Crippen LogP contribution in [-0.4, -0.2) is 33.6 Å². The van der Waals surface area contributed by atoms with Gasteiger partial charge in [0.05, 0.1) is 4.92 Å². The molecule has 1 aromatic carbocycles. The van der Waals surface area contributed by atoms with Crippen molar-refractivity contribution in [2.75, 3.05) is 13.1 Å². The molecule has 1 aliphatic rings. The van der Waals surface area contributed by atoms with Crippen LogP contribution in [0.25, 0.3) is 0 Å². The number of amides is 1. The Balaban J connectivity index is 2.26. The summed E-state index contributed by atoms with van der Waals surface area (Å²) in [5.41, 5.74) is 0.859. The van der Waals surface area contributed by atoms with Crippen LogP contribution in [0.1, 0.15) is 29.3 Å². The molecule has 0 aliphatic carbocycles. The number of piperidine rings is 1. The van der Waals surface area contributed by atoms with Crippen molar-refractivity contribution in [2.24, 2.45) is 5.92 Å². The van der Waals surface area contributed by atoms with Crippen molar-refractivity contribution in [2.45, 2.75) is 25.1 Å². The van der Waals surface area contributed by atoms with Crippen molar-refractivity contribution in [1.82, 2.24) is 4.90 Å². The number of carbonyl (C=O) groups excluding carboxylic acids is 1. The van der Waals surface area contributed by atoms with Gasteiger partial charge in [0.25, 0.3) is 11.6 Å². The van der Waals surface area contributed by atoms with Gasteiger partial charge in [-0.05, 0) is 25.3 Å². The summed E-state index contributed by atoms with van der Waals surface area (Å²) in [7, 11) is 0. The van der Waals surface area contributed by atoms with Gasteiger partial charge in [0.1, 0.15) is 0 Å². The summed E-state index contributed by atoms with van der Waals surface area (Å²) in [6, 6.07) is 4.65. The van der Waals surface area contributed by atoms with Crippen LogP contribution in [0.15, 0.2) is 18.2 Å². The van der Waals surface area contributed by atoms with E-state index < -0.39 is 4.92 Å². The molecule has 1 heterocycles. The Labute approximate surface area is 126 Å². The molecule has 1 amide bonds. The third-order valence-corrected chi connectivity index (χ3v) is 5.08. The first-order valence-electron chi connectivity index (χ1n) is 6.59. The second-order valence-electron chi connectivity index (χ2n) is 5.24. The standard InChI is InChI=1S/C14H17BrN2O3/c1-9-6-7-16(8-12(9)15)14(18)11-4-3-5-13(10(11)2)17(19)20/h3-5,9,12H,6-8H2,1-2H3. The number of carbonyl (C=O) groups is 1. The SMILES string of the molecule is Cc1c(C(=O)N2CCC(C)C(Br)C2)cccc1[N+](=O)[O-]. The minimum atomic E-state index is -0.447. The molecule has 2 atom stereocenters. The van der Waals surface area contributed by atoms with E-state index in [1.54, 1.807) is 24.0 Å². The normalized spacial score (nSPS) is 22.6. The van der Waals surface area contributed by atoms with Gasteiger partial charge in [-0.3, -0.25) is 14.9 Å². The molecule has 0 bridgehead atoms. The van der Waals surface area contributed by atoms with Gasteiger partial charge in [-0.1, -0.05) is 28.9 Å². The van der Waals surface area contributed by atoms with Crippen molar-refractivity contribution in [3.05, 3.63) is 39.4 Å². The van der Waals surface area contributed by atoms with E-state index in [0.717, 1.165) is 6.42 Å². The Kier molecular flexibility index (Phi) is 4.42. The lowest BCUT2D eigenvalue weighted by Gasteiger charge is -2.34. The van der Waals surface area contributed by atoms with Gasteiger partial charge in [-0.2, -0.15) is 0 Å². The fraction of sp³-hybridized carbons (Fsp3) is 0.500. The number of rotatable bonds is 2. The molecular formula is C14H17BrN2O3. The van der Waals surface area contributed by atoms with E-state index in [1.165, 1.54) is 6.07 Å². The predicted octanol–water partition coefficient (Wildman–Crippen LogP) is 3.15. The summed E-state index contributed by atoms with van der Waals surface area (Å²) in [6.07, 6.45) is 0.940. The first-order chi connectivity index (χ1) is 9.41. The van der Waals surface area contributed by atoms with E-state index in [4.69, 9.17) is 0 Å². The maximum absolute atomic E-state index is 12.5. The molecule has 1 aliphatic heterocycles. The number of nitro benzene ring substituents is 1. The van der Waals surface area contributed by atoms with Crippen LogP contribution >= 0.6 is 15.9 Å². The maximum Gasteiger partial charge on any atom is 0.273 e. The molecule has 20 heavy (non-hydrogen) atoms. The summed E-state index contributed by atoms with van der Waals surface area (Å²) in [4.78, 5) is 25.1. The first-order valence-corrected chi connectivity index (χ1v) is 7.50. The summed E-state index contributed by atoms with van der Waals surface area (Å²) < 4.78 is 0. The van der Waals surface area contributed by atoms with Crippen LogP contribution in [0, 0.1) is 23.0 Å². The molecule has 1 saturated heterocycles. The van der Waals surface area contributed by atoms with Crippen molar-refractivity contribution < 1.29 is 9.72 Å². The minimum Gasteiger partial charge on any atom is -0.337 e. The third kappa shape index (κ3) is 2.85. The molecule has 0 N–H and O–H groups in total. The van der Waals surface area contributed by atoms with E-state index in [-0.39, 0.29) is 16.4 Å². The molecule has 2 unspecified atom stereocenters. The number of hydrogen-bond donors (Lipinski definition) is 0. The number of alkyl halides is 1. The minimum absolute atomic E-state index is 0.00313. The highest BCUT2D eigenvalue weighted by molar-refractivity contribution is 9.09. The number of halogens is 1. The van der Waals surface area contributed by atoms with Crippen LogP contribution in [0.2, 0.25) is 0 Å². The van der Waals surface area contributed by atoms with Gasteiger partial charge in [0.15, 0.2) is 0 Å². The molecule has 0 spiro atoms.